The molecule has 6 heteroatoms. The van der Waals surface area contributed by atoms with Gasteiger partial charge in [0.05, 0.1) is 24.3 Å². The van der Waals surface area contributed by atoms with E-state index in [4.69, 9.17) is 0 Å². The van der Waals surface area contributed by atoms with Gasteiger partial charge in [-0.3, -0.25) is 14.7 Å². The molecule has 0 saturated carbocycles. The first-order valence-corrected chi connectivity index (χ1v) is 7.00. The largest absolute Gasteiger partial charge is 0.323 e. The van der Waals surface area contributed by atoms with E-state index in [1.165, 1.54) is 13.1 Å². The number of amides is 2. The molecule has 112 valence electrons. The van der Waals surface area contributed by atoms with Crippen molar-refractivity contribution in [2.75, 3.05) is 5.32 Å². The van der Waals surface area contributed by atoms with Gasteiger partial charge in [-0.15, -0.1) is 0 Å². The van der Waals surface area contributed by atoms with Crippen LogP contribution in [0.25, 0.3) is 6.08 Å². The number of fused-ring (bicyclic) bond motifs is 1. The van der Waals surface area contributed by atoms with Crippen LogP contribution in [-0.2, 0) is 9.59 Å². The topological polar surface area (TPSA) is 78.1 Å². The summed E-state index contributed by atoms with van der Waals surface area (Å²) in [5.74, 6) is -0.255. The SMILES string of the molecule is CC(=O)N1C=Cc2ccccc2[C@@H]1CC(=O)Nc1cn[nH]c1. The Labute approximate surface area is 127 Å². The van der Waals surface area contributed by atoms with Gasteiger partial charge in [-0.2, -0.15) is 5.10 Å². The summed E-state index contributed by atoms with van der Waals surface area (Å²) >= 11 is 0. The number of nitrogens with one attached hydrogen (secondary N) is 2. The van der Waals surface area contributed by atoms with Crippen molar-refractivity contribution >= 4 is 23.6 Å². The van der Waals surface area contributed by atoms with E-state index in [-0.39, 0.29) is 24.3 Å². The second-order valence-corrected chi connectivity index (χ2v) is 5.13. The van der Waals surface area contributed by atoms with Gasteiger partial charge >= 0.3 is 0 Å². The third kappa shape index (κ3) is 2.76. The molecule has 0 spiro atoms. The van der Waals surface area contributed by atoms with Crippen molar-refractivity contribution in [3.63, 3.8) is 0 Å². The number of aromatic amines is 1. The van der Waals surface area contributed by atoms with Crippen molar-refractivity contribution < 1.29 is 9.59 Å². The maximum atomic E-state index is 12.2. The van der Waals surface area contributed by atoms with Crippen LogP contribution in [0.3, 0.4) is 0 Å². The highest BCUT2D eigenvalue weighted by atomic mass is 16.2. The van der Waals surface area contributed by atoms with Crippen LogP contribution in [0.5, 0.6) is 0 Å². The molecule has 1 atom stereocenters. The Balaban J connectivity index is 1.83. The van der Waals surface area contributed by atoms with E-state index in [9.17, 15) is 9.59 Å². The van der Waals surface area contributed by atoms with E-state index in [0.717, 1.165) is 11.1 Å². The van der Waals surface area contributed by atoms with E-state index in [2.05, 4.69) is 15.5 Å². The van der Waals surface area contributed by atoms with Crippen LogP contribution in [0.4, 0.5) is 5.69 Å². The Hall–Kier alpha value is -2.89. The van der Waals surface area contributed by atoms with Crippen molar-refractivity contribution in [3.05, 3.63) is 54.0 Å². The van der Waals surface area contributed by atoms with Gasteiger partial charge in [0, 0.05) is 19.3 Å². The predicted octanol–water partition coefficient (Wildman–Crippen LogP) is 2.31. The van der Waals surface area contributed by atoms with E-state index >= 15 is 0 Å². The Morgan fingerprint density at radius 1 is 1.36 bits per heavy atom. The zero-order valence-corrected chi connectivity index (χ0v) is 12.1. The second kappa shape index (κ2) is 5.85. The number of benzene rings is 1. The molecule has 0 radical (unpaired) electrons. The van der Waals surface area contributed by atoms with Crippen molar-refractivity contribution in [2.45, 2.75) is 19.4 Å². The predicted molar refractivity (Wildman–Crippen MR) is 82.6 cm³/mol. The number of hydrogen-bond donors (Lipinski definition) is 2. The van der Waals surface area contributed by atoms with Gasteiger partial charge in [-0.25, -0.2) is 0 Å². The minimum Gasteiger partial charge on any atom is -0.323 e. The number of hydrogen-bond acceptors (Lipinski definition) is 3. The average molecular weight is 296 g/mol. The first-order chi connectivity index (χ1) is 10.6. The van der Waals surface area contributed by atoms with Crippen LogP contribution in [0.2, 0.25) is 0 Å². The Bertz CT molecular complexity index is 722. The first-order valence-electron chi connectivity index (χ1n) is 7.00. The molecule has 1 aliphatic rings. The molecular weight excluding hydrogens is 280 g/mol. The van der Waals surface area contributed by atoms with E-state index in [1.807, 2.05) is 30.3 Å². The number of nitrogens with zero attached hydrogens (tertiary/aromatic N) is 2. The Kier molecular flexibility index (Phi) is 3.74. The van der Waals surface area contributed by atoms with Crippen molar-refractivity contribution in [2.24, 2.45) is 0 Å². The lowest BCUT2D eigenvalue weighted by atomic mass is 9.93. The highest BCUT2D eigenvalue weighted by Crippen LogP contribution is 2.32. The third-order valence-electron chi connectivity index (χ3n) is 3.63. The molecule has 3 rings (SSSR count). The highest BCUT2D eigenvalue weighted by Gasteiger charge is 2.28. The fourth-order valence-corrected chi connectivity index (χ4v) is 2.62. The summed E-state index contributed by atoms with van der Waals surface area (Å²) in [5, 5.41) is 9.19. The van der Waals surface area contributed by atoms with Gasteiger partial charge in [0.15, 0.2) is 0 Å². The molecule has 2 amide bonds. The first kappa shape index (κ1) is 14.1. The lowest BCUT2D eigenvalue weighted by Crippen LogP contribution is -2.33. The normalized spacial score (nSPS) is 16.2. The fourth-order valence-electron chi connectivity index (χ4n) is 2.62. The third-order valence-corrected chi connectivity index (χ3v) is 3.63. The molecule has 0 saturated heterocycles. The molecule has 22 heavy (non-hydrogen) atoms. The number of H-pyrrole nitrogens is 1. The van der Waals surface area contributed by atoms with Gasteiger partial charge < -0.3 is 10.2 Å². The summed E-state index contributed by atoms with van der Waals surface area (Å²) < 4.78 is 0. The molecule has 0 aliphatic carbocycles. The summed E-state index contributed by atoms with van der Waals surface area (Å²) in [6, 6.07) is 7.48. The zero-order valence-electron chi connectivity index (χ0n) is 12.1. The molecule has 2 aromatic rings. The highest BCUT2D eigenvalue weighted by molar-refractivity contribution is 5.91. The van der Waals surface area contributed by atoms with Gasteiger partial charge in [0.1, 0.15) is 0 Å². The number of carbonyl (C=O) groups excluding carboxylic acids is 2. The Morgan fingerprint density at radius 2 is 2.18 bits per heavy atom. The molecule has 0 unspecified atom stereocenters. The molecule has 0 fully saturated rings. The molecule has 6 nitrogen and oxygen atoms in total. The van der Waals surface area contributed by atoms with E-state index in [1.54, 1.807) is 17.3 Å². The zero-order chi connectivity index (χ0) is 15.5. The standard InChI is InChI=1S/C16H16N4O2/c1-11(21)20-7-6-12-4-2-3-5-14(12)15(20)8-16(22)19-13-9-17-18-10-13/h2-7,9-10,15H,8H2,1H3,(H,17,18)(H,19,22)/t15-/m0/s1. The van der Waals surface area contributed by atoms with Crippen LogP contribution in [0, 0.1) is 0 Å². The summed E-state index contributed by atoms with van der Waals surface area (Å²) in [4.78, 5) is 25.7. The summed E-state index contributed by atoms with van der Waals surface area (Å²) in [5.41, 5.74) is 2.61. The maximum absolute atomic E-state index is 12.2. The van der Waals surface area contributed by atoms with Crippen molar-refractivity contribution in [1.82, 2.24) is 15.1 Å². The number of carbonyl (C=O) groups is 2. The molecule has 1 aromatic carbocycles. The fraction of sp³-hybridized carbons (Fsp3) is 0.188. The quantitative estimate of drug-likeness (QED) is 0.912. The minimum atomic E-state index is -0.300. The number of anilines is 1. The van der Waals surface area contributed by atoms with E-state index in [0.29, 0.717) is 5.69 Å². The summed E-state index contributed by atoms with van der Waals surface area (Å²) in [6.45, 7) is 1.50. The summed E-state index contributed by atoms with van der Waals surface area (Å²) in [6.07, 6.45) is 6.96. The Morgan fingerprint density at radius 3 is 2.91 bits per heavy atom. The average Bonchev–Trinajstić information content (AvgIpc) is 3.00. The van der Waals surface area contributed by atoms with Gasteiger partial charge in [0.25, 0.3) is 0 Å². The molecule has 0 bridgehead atoms. The molecule has 1 aliphatic heterocycles. The lowest BCUT2D eigenvalue weighted by Gasteiger charge is -2.32. The molecular formula is C16H16N4O2. The summed E-state index contributed by atoms with van der Waals surface area (Å²) in [7, 11) is 0. The minimum absolute atomic E-state index is 0.0909. The van der Waals surface area contributed by atoms with Crippen LogP contribution in [0.15, 0.2) is 42.9 Å². The smallest absolute Gasteiger partial charge is 0.226 e. The number of rotatable bonds is 3. The van der Waals surface area contributed by atoms with Gasteiger partial charge in [0.2, 0.25) is 11.8 Å². The van der Waals surface area contributed by atoms with Crippen LogP contribution < -0.4 is 5.32 Å². The maximum Gasteiger partial charge on any atom is 0.226 e. The van der Waals surface area contributed by atoms with Crippen molar-refractivity contribution in [1.29, 1.82) is 0 Å². The van der Waals surface area contributed by atoms with Crippen LogP contribution in [-0.4, -0.2) is 26.9 Å². The van der Waals surface area contributed by atoms with Gasteiger partial charge in [-0.1, -0.05) is 24.3 Å². The van der Waals surface area contributed by atoms with Crippen molar-refractivity contribution in [3.8, 4) is 0 Å². The monoisotopic (exact) mass is 296 g/mol. The molecule has 2 heterocycles. The molecule has 2 N–H and O–H groups in total. The van der Waals surface area contributed by atoms with E-state index < -0.39 is 0 Å². The van der Waals surface area contributed by atoms with Crippen LogP contribution in [0.1, 0.15) is 30.5 Å². The molecule has 1 aromatic heterocycles. The number of aromatic nitrogens is 2. The van der Waals surface area contributed by atoms with Gasteiger partial charge in [-0.05, 0) is 17.2 Å². The van der Waals surface area contributed by atoms with Crippen LogP contribution >= 0.6 is 0 Å². The lowest BCUT2D eigenvalue weighted by molar-refractivity contribution is -0.129. The second-order valence-electron chi connectivity index (χ2n) is 5.13.